The van der Waals surface area contributed by atoms with Gasteiger partial charge < -0.3 is 14.7 Å². The minimum atomic E-state index is -0.794. The van der Waals surface area contributed by atoms with Crippen molar-refractivity contribution in [1.82, 2.24) is 4.90 Å². The van der Waals surface area contributed by atoms with Gasteiger partial charge in [-0.25, -0.2) is 0 Å². The number of nitrogens with zero attached hydrogens (tertiary/aromatic N) is 1. The topological polar surface area (TPSA) is 66.8 Å². The number of ether oxygens (including phenoxy) is 1. The van der Waals surface area contributed by atoms with E-state index in [1.165, 1.54) is 4.90 Å². The number of amides is 1. The molecule has 1 saturated heterocycles. The zero-order valence-electron chi connectivity index (χ0n) is 15.5. The number of ketones is 1. The maximum absolute atomic E-state index is 12.8. The Morgan fingerprint density at radius 3 is 2.38 bits per heavy atom. The van der Waals surface area contributed by atoms with Crippen LogP contribution in [0.4, 0.5) is 0 Å². The van der Waals surface area contributed by atoms with Gasteiger partial charge in [-0.1, -0.05) is 40.9 Å². The molecule has 5 nitrogen and oxygen atoms in total. The standard InChI is InChI=1S/C21H18Cl3NO4/c1-29-10-2-9-25-18(13-5-8-15(23)16(24)11-13)17(20(27)21(25)28)19(26)12-3-6-14(22)7-4-12/h3-8,11,18,26H,2,9-10H2,1H3/t18-/m0/s1. The van der Waals surface area contributed by atoms with Crippen LogP contribution in [-0.4, -0.2) is 42.0 Å². The van der Waals surface area contributed by atoms with Gasteiger partial charge in [-0.15, -0.1) is 0 Å². The highest BCUT2D eigenvalue weighted by atomic mass is 35.5. The van der Waals surface area contributed by atoms with E-state index in [1.54, 1.807) is 49.6 Å². The van der Waals surface area contributed by atoms with Gasteiger partial charge in [-0.05, 0) is 48.4 Å². The zero-order valence-corrected chi connectivity index (χ0v) is 17.8. The highest BCUT2D eigenvalue weighted by Crippen LogP contribution is 2.41. The lowest BCUT2D eigenvalue weighted by atomic mass is 9.95. The minimum absolute atomic E-state index is 0.00636. The van der Waals surface area contributed by atoms with Crippen LogP contribution < -0.4 is 0 Å². The van der Waals surface area contributed by atoms with Gasteiger partial charge in [0, 0.05) is 30.8 Å². The number of likely N-dealkylation sites (tertiary alicyclic amines) is 1. The van der Waals surface area contributed by atoms with Gasteiger partial charge in [0.15, 0.2) is 0 Å². The molecule has 1 N–H and O–H groups in total. The molecular weight excluding hydrogens is 437 g/mol. The Hall–Kier alpha value is -2.05. The third-order valence-corrected chi connectivity index (χ3v) is 5.66. The fourth-order valence-corrected chi connectivity index (χ4v) is 3.71. The second-order valence-corrected chi connectivity index (χ2v) is 7.77. The summed E-state index contributed by atoms with van der Waals surface area (Å²) in [5.41, 5.74) is 0.953. The molecule has 1 fully saturated rings. The molecule has 0 aromatic heterocycles. The number of carbonyl (C=O) groups is 2. The first-order chi connectivity index (χ1) is 13.8. The number of Topliss-reactive ketones (excluding diaryl/α,β-unsaturated/α-hetero) is 1. The van der Waals surface area contributed by atoms with Crippen molar-refractivity contribution in [2.75, 3.05) is 20.3 Å². The number of carbonyl (C=O) groups excluding carboxylic acids is 2. The molecule has 0 bridgehead atoms. The van der Waals surface area contributed by atoms with Crippen molar-refractivity contribution in [2.45, 2.75) is 12.5 Å². The largest absolute Gasteiger partial charge is 0.507 e. The summed E-state index contributed by atoms with van der Waals surface area (Å²) in [5, 5.41) is 12.0. The normalized spacial score (nSPS) is 18.5. The lowest BCUT2D eigenvalue weighted by Crippen LogP contribution is -2.31. The smallest absolute Gasteiger partial charge is 0.295 e. The van der Waals surface area contributed by atoms with E-state index in [0.29, 0.717) is 34.2 Å². The average Bonchev–Trinajstić information content (AvgIpc) is 2.95. The van der Waals surface area contributed by atoms with E-state index < -0.39 is 17.7 Å². The fourth-order valence-electron chi connectivity index (χ4n) is 3.28. The van der Waals surface area contributed by atoms with Crippen LogP contribution in [0.15, 0.2) is 48.0 Å². The predicted octanol–water partition coefficient (Wildman–Crippen LogP) is 5.11. The van der Waals surface area contributed by atoms with Crippen molar-refractivity contribution in [1.29, 1.82) is 0 Å². The van der Waals surface area contributed by atoms with E-state index in [4.69, 9.17) is 39.5 Å². The molecule has 0 radical (unpaired) electrons. The SMILES string of the molecule is COCCCN1C(=O)C(=O)C(=C(O)c2ccc(Cl)cc2)[C@@H]1c1ccc(Cl)c(Cl)c1. The zero-order chi connectivity index (χ0) is 21.1. The molecule has 1 amide bonds. The summed E-state index contributed by atoms with van der Waals surface area (Å²) in [6, 6.07) is 10.4. The van der Waals surface area contributed by atoms with Crippen molar-refractivity contribution in [3.8, 4) is 0 Å². The maximum atomic E-state index is 12.8. The molecule has 1 heterocycles. The molecule has 8 heteroatoms. The molecule has 3 rings (SSSR count). The number of aliphatic hydroxyl groups is 1. The van der Waals surface area contributed by atoms with Crippen molar-refractivity contribution >= 4 is 52.3 Å². The molecule has 152 valence electrons. The van der Waals surface area contributed by atoms with Gasteiger partial charge in [0.25, 0.3) is 11.7 Å². The number of rotatable bonds is 6. The highest BCUT2D eigenvalue weighted by Gasteiger charge is 2.45. The monoisotopic (exact) mass is 453 g/mol. The van der Waals surface area contributed by atoms with Crippen LogP contribution in [-0.2, 0) is 14.3 Å². The van der Waals surface area contributed by atoms with Gasteiger partial charge in [-0.2, -0.15) is 0 Å². The van der Waals surface area contributed by atoms with Gasteiger partial charge in [0.1, 0.15) is 5.76 Å². The summed E-state index contributed by atoms with van der Waals surface area (Å²) in [7, 11) is 1.56. The first-order valence-electron chi connectivity index (χ1n) is 8.83. The number of halogens is 3. The molecule has 0 spiro atoms. The molecule has 0 saturated carbocycles. The Bertz CT molecular complexity index is 972. The van der Waals surface area contributed by atoms with Crippen LogP contribution in [0, 0.1) is 0 Å². The molecular formula is C21H18Cl3NO4. The summed E-state index contributed by atoms with van der Waals surface area (Å²) in [6.45, 7) is 0.703. The Balaban J connectivity index is 2.14. The highest BCUT2D eigenvalue weighted by molar-refractivity contribution is 6.47. The quantitative estimate of drug-likeness (QED) is 0.285. The number of aliphatic hydroxyl groups excluding tert-OH is 1. The average molecular weight is 455 g/mol. The number of methoxy groups -OCH3 is 1. The number of benzene rings is 2. The summed E-state index contributed by atoms with van der Waals surface area (Å²) in [6.07, 6.45) is 0.530. The van der Waals surface area contributed by atoms with Crippen molar-refractivity contribution in [3.63, 3.8) is 0 Å². The molecule has 1 aliphatic heterocycles. The van der Waals surface area contributed by atoms with E-state index in [1.807, 2.05) is 0 Å². The van der Waals surface area contributed by atoms with Crippen LogP contribution in [0.2, 0.25) is 15.1 Å². The second kappa shape index (κ2) is 9.18. The van der Waals surface area contributed by atoms with Crippen LogP contribution in [0.1, 0.15) is 23.6 Å². The number of hydrogen-bond acceptors (Lipinski definition) is 4. The molecule has 0 unspecified atom stereocenters. The Morgan fingerprint density at radius 1 is 1.07 bits per heavy atom. The first kappa shape index (κ1) is 21.7. The van der Waals surface area contributed by atoms with Crippen LogP contribution >= 0.6 is 34.8 Å². The lowest BCUT2D eigenvalue weighted by molar-refractivity contribution is -0.140. The van der Waals surface area contributed by atoms with E-state index in [9.17, 15) is 14.7 Å². The molecule has 1 aliphatic rings. The summed E-state index contributed by atoms with van der Waals surface area (Å²) < 4.78 is 5.06. The van der Waals surface area contributed by atoms with E-state index >= 15 is 0 Å². The summed E-state index contributed by atoms with van der Waals surface area (Å²) in [4.78, 5) is 27.0. The van der Waals surface area contributed by atoms with Gasteiger partial charge >= 0.3 is 0 Å². The predicted molar refractivity (Wildman–Crippen MR) is 113 cm³/mol. The third kappa shape index (κ3) is 4.43. The summed E-state index contributed by atoms with van der Waals surface area (Å²) in [5.74, 6) is -1.72. The number of hydrogen-bond donors (Lipinski definition) is 1. The summed E-state index contributed by atoms with van der Waals surface area (Å²) >= 11 is 18.1. The third-order valence-electron chi connectivity index (χ3n) is 4.66. The van der Waals surface area contributed by atoms with Crippen LogP contribution in [0.3, 0.4) is 0 Å². The maximum Gasteiger partial charge on any atom is 0.295 e. The van der Waals surface area contributed by atoms with E-state index in [2.05, 4.69) is 0 Å². The van der Waals surface area contributed by atoms with Crippen LogP contribution in [0.5, 0.6) is 0 Å². The van der Waals surface area contributed by atoms with Crippen molar-refractivity contribution in [3.05, 3.63) is 74.2 Å². The fraction of sp³-hybridized carbons (Fsp3) is 0.238. The first-order valence-corrected chi connectivity index (χ1v) is 9.96. The molecule has 0 aliphatic carbocycles. The Labute approximate surface area is 183 Å². The van der Waals surface area contributed by atoms with Crippen LogP contribution in [0.25, 0.3) is 5.76 Å². The van der Waals surface area contributed by atoms with Gasteiger partial charge in [0.05, 0.1) is 21.7 Å². The lowest BCUT2D eigenvalue weighted by Gasteiger charge is -2.25. The van der Waals surface area contributed by atoms with Gasteiger partial charge in [-0.3, -0.25) is 9.59 Å². The van der Waals surface area contributed by atoms with Gasteiger partial charge in [0.2, 0.25) is 0 Å². The molecule has 2 aromatic carbocycles. The van der Waals surface area contributed by atoms with E-state index in [0.717, 1.165) is 0 Å². The van der Waals surface area contributed by atoms with E-state index in [-0.39, 0.29) is 22.9 Å². The molecule has 2 aromatic rings. The molecule has 1 atom stereocenters. The Morgan fingerprint density at radius 2 is 1.76 bits per heavy atom. The Kier molecular flexibility index (Phi) is 6.85. The minimum Gasteiger partial charge on any atom is -0.507 e. The van der Waals surface area contributed by atoms with Crippen molar-refractivity contribution < 1.29 is 19.4 Å². The second-order valence-electron chi connectivity index (χ2n) is 6.52. The molecule has 29 heavy (non-hydrogen) atoms. The van der Waals surface area contributed by atoms with Crippen molar-refractivity contribution in [2.24, 2.45) is 0 Å².